The Kier molecular flexibility index (Phi) is 4.15. The van der Waals surface area contributed by atoms with Crippen LogP contribution >= 0.6 is 0 Å². The minimum absolute atomic E-state index is 0.0730. The lowest BCUT2D eigenvalue weighted by Gasteiger charge is -2.11. The van der Waals surface area contributed by atoms with Crippen LogP contribution in [-0.2, 0) is 6.61 Å². The second kappa shape index (κ2) is 6.41. The minimum atomic E-state index is -0.553. The smallest absolute Gasteiger partial charge is 0.250 e. The lowest BCUT2D eigenvalue weighted by atomic mass is 10.2. The molecule has 0 spiro atoms. The molecule has 1 amide bonds. The summed E-state index contributed by atoms with van der Waals surface area (Å²) >= 11 is 0. The van der Waals surface area contributed by atoms with Gasteiger partial charge in [-0.1, -0.05) is 0 Å². The van der Waals surface area contributed by atoms with Gasteiger partial charge in [0.2, 0.25) is 0 Å². The van der Waals surface area contributed by atoms with Crippen LogP contribution in [0, 0.1) is 0 Å². The highest BCUT2D eigenvalue weighted by molar-refractivity contribution is 5.95. The van der Waals surface area contributed by atoms with E-state index in [4.69, 9.17) is 15.2 Å². The maximum Gasteiger partial charge on any atom is 0.250 e. The molecule has 3 aromatic rings. The standard InChI is InChI=1S/C17H15N3O4/c1-23-13-2-3-16(11(6-13)9-21)24-10-15-14(17(18)22)7-12-8-19-4-5-20(12)15/h2-9H,10H2,1H3,(H2,18,22). The second-order valence-electron chi connectivity index (χ2n) is 5.05. The highest BCUT2D eigenvalue weighted by Crippen LogP contribution is 2.25. The van der Waals surface area contributed by atoms with Gasteiger partial charge in [-0.3, -0.25) is 14.6 Å². The van der Waals surface area contributed by atoms with E-state index in [1.165, 1.54) is 7.11 Å². The SMILES string of the molecule is COc1ccc(OCc2c(C(N)=O)cc3cnccn23)c(C=O)c1. The Balaban J connectivity index is 1.95. The van der Waals surface area contributed by atoms with Gasteiger partial charge in [0, 0.05) is 12.4 Å². The number of carbonyl (C=O) groups is 2. The van der Waals surface area contributed by atoms with Crippen molar-refractivity contribution in [3.63, 3.8) is 0 Å². The first-order chi connectivity index (χ1) is 11.6. The summed E-state index contributed by atoms with van der Waals surface area (Å²) in [7, 11) is 1.52. The summed E-state index contributed by atoms with van der Waals surface area (Å²) in [5, 5.41) is 0. The third-order valence-corrected chi connectivity index (χ3v) is 3.65. The van der Waals surface area contributed by atoms with Crippen molar-refractivity contribution in [1.82, 2.24) is 9.38 Å². The zero-order valence-electron chi connectivity index (χ0n) is 12.9. The van der Waals surface area contributed by atoms with Crippen LogP contribution in [0.25, 0.3) is 5.52 Å². The number of benzene rings is 1. The Morgan fingerprint density at radius 2 is 2.21 bits per heavy atom. The highest BCUT2D eigenvalue weighted by Gasteiger charge is 2.16. The molecule has 2 N–H and O–H groups in total. The van der Waals surface area contributed by atoms with E-state index in [9.17, 15) is 9.59 Å². The lowest BCUT2D eigenvalue weighted by Crippen LogP contribution is -2.14. The zero-order chi connectivity index (χ0) is 17.1. The van der Waals surface area contributed by atoms with Crippen molar-refractivity contribution in [3.05, 3.63) is 59.7 Å². The summed E-state index contributed by atoms with van der Waals surface area (Å²) in [5.41, 5.74) is 7.47. The number of methoxy groups -OCH3 is 1. The molecule has 7 nitrogen and oxygen atoms in total. The predicted octanol–water partition coefficient (Wildman–Crippen LogP) is 1.83. The molecule has 0 aliphatic rings. The molecule has 0 unspecified atom stereocenters. The number of aromatic nitrogens is 2. The van der Waals surface area contributed by atoms with E-state index in [0.717, 1.165) is 5.52 Å². The molecule has 7 heteroatoms. The van der Waals surface area contributed by atoms with Crippen LogP contribution in [0.2, 0.25) is 0 Å². The Morgan fingerprint density at radius 1 is 1.38 bits per heavy atom. The topological polar surface area (TPSA) is 95.9 Å². The number of amides is 1. The molecule has 0 atom stereocenters. The number of hydrogen-bond donors (Lipinski definition) is 1. The summed E-state index contributed by atoms with van der Waals surface area (Å²) in [4.78, 5) is 26.9. The van der Waals surface area contributed by atoms with Crippen molar-refractivity contribution in [2.24, 2.45) is 5.73 Å². The van der Waals surface area contributed by atoms with Crippen LogP contribution < -0.4 is 15.2 Å². The number of ether oxygens (including phenoxy) is 2. The largest absolute Gasteiger partial charge is 0.497 e. The monoisotopic (exact) mass is 325 g/mol. The highest BCUT2D eigenvalue weighted by atomic mass is 16.5. The molecular formula is C17H15N3O4. The van der Waals surface area contributed by atoms with Crippen molar-refractivity contribution >= 4 is 17.7 Å². The number of nitrogens with zero attached hydrogens (tertiary/aromatic N) is 2. The van der Waals surface area contributed by atoms with Crippen LogP contribution in [0.1, 0.15) is 26.4 Å². The number of rotatable bonds is 6. The van der Waals surface area contributed by atoms with Crippen LogP contribution in [0.5, 0.6) is 11.5 Å². The van der Waals surface area contributed by atoms with Gasteiger partial charge in [-0.15, -0.1) is 0 Å². The number of aldehydes is 1. The minimum Gasteiger partial charge on any atom is -0.497 e. The molecule has 1 aromatic carbocycles. The van der Waals surface area contributed by atoms with E-state index in [-0.39, 0.29) is 6.61 Å². The molecule has 0 saturated carbocycles. The number of primary amides is 1. The van der Waals surface area contributed by atoms with E-state index in [2.05, 4.69) is 4.98 Å². The van der Waals surface area contributed by atoms with E-state index < -0.39 is 5.91 Å². The van der Waals surface area contributed by atoms with Gasteiger partial charge in [0.1, 0.15) is 18.1 Å². The Hall–Kier alpha value is -3.35. The van der Waals surface area contributed by atoms with Crippen LogP contribution in [0.4, 0.5) is 0 Å². The summed E-state index contributed by atoms with van der Waals surface area (Å²) in [6.45, 7) is 0.0730. The van der Waals surface area contributed by atoms with E-state index >= 15 is 0 Å². The summed E-state index contributed by atoms with van der Waals surface area (Å²) in [5.74, 6) is 0.398. The average molecular weight is 325 g/mol. The molecule has 0 bridgehead atoms. The number of carbonyl (C=O) groups excluding carboxylic acids is 2. The van der Waals surface area contributed by atoms with Crippen molar-refractivity contribution in [3.8, 4) is 11.5 Å². The normalized spacial score (nSPS) is 10.5. The van der Waals surface area contributed by atoms with E-state index in [0.29, 0.717) is 34.6 Å². The first kappa shape index (κ1) is 15.5. The van der Waals surface area contributed by atoms with Crippen LogP contribution in [-0.4, -0.2) is 28.7 Å². The molecule has 24 heavy (non-hydrogen) atoms. The van der Waals surface area contributed by atoms with Gasteiger partial charge < -0.3 is 19.6 Å². The lowest BCUT2D eigenvalue weighted by molar-refractivity contribution is 0.0997. The maximum atomic E-state index is 11.7. The second-order valence-corrected chi connectivity index (χ2v) is 5.05. The van der Waals surface area contributed by atoms with Crippen LogP contribution in [0.15, 0.2) is 42.9 Å². The first-order valence-corrected chi connectivity index (χ1v) is 7.14. The molecule has 122 valence electrons. The molecule has 0 aliphatic heterocycles. The van der Waals surface area contributed by atoms with Gasteiger partial charge in [-0.05, 0) is 24.3 Å². The fourth-order valence-electron chi connectivity index (χ4n) is 2.47. The Labute approximate surface area is 137 Å². The van der Waals surface area contributed by atoms with E-state index in [1.807, 2.05) is 0 Å². The fraction of sp³-hybridized carbons (Fsp3) is 0.118. The van der Waals surface area contributed by atoms with Gasteiger partial charge >= 0.3 is 0 Å². The molecule has 0 radical (unpaired) electrons. The fourth-order valence-corrected chi connectivity index (χ4v) is 2.47. The van der Waals surface area contributed by atoms with Crippen molar-refractivity contribution in [2.75, 3.05) is 7.11 Å². The van der Waals surface area contributed by atoms with Gasteiger partial charge in [0.25, 0.3) is 5.91 Å². The quantitative estimate of drug-likeness (QED) is 0.698. The van der Waals surface area contributed by atoms with Gasteiger partial charge in [0.05, 0.1) is 35.6 Å². The van der Waals surface area contributed by atoms with Gasteiger partial charge in [0.15, 0.2) is 6.29 Å². The molecule has 2 aromatic heterocycles. The maximum absolute atomic E-state index is 11.7. The first-order valence-electron chi connectivity index (χ1n) is 7.14. The van der Waals surface area contributed by atoms with Crippen LogP contribution in [0.3, 0.4) is 0 Å². The van der Waals surface area contributed by atoms with Gasteiger partial charge in [-0.25, -0.2) is 0 Å². The number of hydrogen-bond acceptors (Lipinski definition) is 5. The summed E-state index contributed by atoms with van der Waals surface area (Å²) in [6, 6.07) is 6.57. The zero-order valence-corrected chi connectivity index (χ0v) is 12.9. The molecular weight excluding hydrogens is 310 g/mol. The molecule has 0 saturated heterocycles. The van der Waals surface area contributed by atoms with Gasteiger partial charge in [-0.2, -0.15) is 0 Å². The Bertz CT molecular complexity index is 917. The van der Waals surface area contributed by atoms with Crippen molar-refractivity contribution in [2.45, 2.75) is 6.61 Å². The molecule has 0 fully saturated rings. The van der Waals surface area contributed by atoms with E-state index in [1.54, 1.807) is 47.3 Å². The third-order valence-electron chi connectivity index (χ3n) is 3.65. The third kappa shape index (κ3) is 2.79. The Morgan fingerprint density at radius 3 is 2.92 bits per heavy atom. The average Bonchev–Trinajstić information content (AvgIpc) is 2.98. The summed E-state index contributed by atoms with van der Waals surface area (Å²) < 4.78 is 12.6. The molecule has 2 heterocycles. The number of nitrogens with two attached hydrogens (primary N) is 1. The number of fused-ring (bicyclic) bond motifs is 1. The molecule has 0 aliphatic carbocycles. The van der Waals surface area contributed by atoms with Crippen molar-refractivity contribution < 1.29 is 19.1 Å². The summed E-state index contributed by atoms with van der Waals surface area (Å²) in [6.07, 6.45) is 5.63. The molecule has 3 rings (SSSR count). The van der Waals surface area contributed by atoms with Crippen molar-refractivity contribution in [1.29, 1.82) is 0 Å². The predicted molar refractivity (Wildman–Crippen MR) is 86.4 cm³/mol.